The van der Waals surface area contributed by atoms with Gasteiger partial charge in [0.15, 0.2) is 5.82 Å². The molecule has 27 heavy (non-hydrogen) atoms. The average molecular weight is 364 g/mol. The Morgan fingerprint density at radius 1 is 1.11 bits per heavy atom. The number of hydrogen-bond acceptors (Lipinski definition) is 4. The van der Waals surface area contributed by atoms with Gasteiger partial charge in [-0.1, -0.05) is 31.2 Å². The Morgan fingerprint density at radius 2 is 1.96 bits per heavy atom. The van der Waals surface area contributed by atoms with Crippen LogP contribution in [0.4, 0.5) is 0 Å². The highest BCUT2D eigenvalue weighted by Gasteiger charge is 2.26. The Kier molecular flexibility index (Phi) is 5.34. The summed E-state index contributed by atoms with van der Waals surface area (Å²) in [7, 11) is 2.09. The van der Waals surface area contributed by atoms with E-state index in [0.29, 0.717) is 12.5 Å². The topological polar surface area (TPSA) is 51.8 Å². The first-order chi connectivity index (χ1) is 13.2. The standard InChI is InChI=1S/C21H28N6/c1-3-17-7-4-5-8-18(17)13-26-11-6-9-19(14-26)21-24-23-20(25(21)2)15-27-12-10-22-16-27/h4-5,7-8,10,12,16,19H,3,6,9,11,13-15H2,1-2H3/t19-/m1/s1. The van der Waals surface area contributed by atoms with Gasteiger partial charge in [0.05, 0.1) is 12.9 Å². The molecule has 0 N–H and O–H groups in total. The summed E-state index contributed by atoms with van der Waals surface area (Å²) in [6, 6.07) is 8.82. The molecule has 1 aromatic carbocycles. The molecule has 0 aliphatic carbocycles. The highest BCUT2D eigenvalue weighted by molar-refractivity contribution is 5.27. The van der Waals surface area contributed by atoms with Crippen LogP contribution in [0.2, 0.25) is 0 Å². The van der Waals surface area contributed by atoms with Gasteiger partial charge in [0.1, 0.15) is 5.82 Å². The lowest BCUT2D eigenvalue weighted by Gasteiger charge is -2.32. The van der Waals surface area contributed by atoms with Crippen molar-refractivity contribution in [3.63, 3.8) is 0 Å². The normalized spacial score (nSPS) is 18.1. The number of piperidine rings is 1. The van der Waals surface area contributed by atoms with Crippen molar-refractivity contribution in [1.82, 2.24) is 29.2 Å². The quantitative estimate of drug-likeness (QED) is 0.675. The predicted molar refractivity (Wildman–Crippen MR) is 105 cm³/mol. The van der Waals surface area contributed by atoms with E-state index in [4.69, 9.17) is 0 Å². The fourth-order valence-corrected chi connectivity index (χ4v) is 4.12. The Balaban J connectivity index is 1.46. The second kappa shape index (κ2) is 8.05. The van der Waals surface area contributed by atoms with Crippen LogP contribution in [0, 0.1) is 0 Å². The number of imidazole rings is 1. The number of aromatic nitrogens is 5. The first kappa shape index (κ1) is 17.9. The molecule has 3 heterocycles. The van der Waals surface area contributed by atoms with Crippen molar-refractivity contribution in [2.24, 2.45) is 7.05 Å². The van der Waals surface area contributed by atoms with Crippen molar-refractivity contribution in [1.29, 1.82) is 0 Å². The second-order valence-electron chi connectivity index (χ2n) is 7.46. The van der Waals surface area contributed by atoms with E-state index in [1.165, 1.54) is 24.0 Å². The van der Waals surface area contributed by atoms with Crippen LogP contribution in [-0.4, -0.2) is 42.3 Å². The molecule has 1 fully saturated rings. The van der Waals surface area contributed by atoms with Crippen LogP contribution in [-0.2, 0) is 26.6 Å². The molecule has 2 aromatic heterocycles. The number of likely N-dealkylation sites (tertiary alicyclic amines) is 1. The fourth-order valence-electron chi connectivity index (χ4n) is 4.12. The molecule has 0 amide bonds. The van der Waals surface area contributed by atoms with E-state index in [2.05, 4.69) is 62.9 Å². The highest BCUT2D eigenvalue weighted by atomic mass is 15.3. The highest BCUT2D eigenvalue weighted by Crippen LogP contribution is 2.27. The van der Waals surface area contributed by atoms with Crippen molar-refractivity contribution in [2.45, 2.75) is 45.2 Å². The van der Waals surface area contributed by atoms with Crippen molar-refractivity contribution in [3.05, 3.63) is 65.8 Å². The maximum absolute atomic E-state index is 4.55. The molecule has 1 aliphatic rings. The van der Waals surface area contributed by atoms with Gasteiger partial charge in [-0.2, -0.15) is 0 Å². The van der Waals surface area contributed by atoms with Gasteiger partial charge in [-0.05, 0) is 36.9 Å². The van der Waals surface area contributed by atoms with Gasteiger partial charge >= 0.3 is 0 Å². The molecular weight excluding hydrogens is 336 g/mol. The lowest BCUT2D eigenvalue weighted by molar-refractivity contribution is 0.194. The molecule has 1 saturated heterocycles. The third-order valence-electron chi connectivity index (χ3n) is 5.65. The number of nitrogens with zero attached hydrogens (tertiary/aromatic N) is 6. The number of aryl methyl sites for hydroxylation is 1. The summed E-state index contributed by atoms with van der Waals surface area (Å²) in [5, 5.41) is 9.00. The summed E-state index contributed by atoms with van der Waals surface area (Å²) in [5.74, 6) is 2.54. The molecule has 4 rings (SSSR count). The Labute approximate surface area is 160 Å². The Hall–Kier alpha value is -2.47. The van der Waals surface area contributed by atoms with Crippen molar-refractivity contribution < 1.29 is 0 Å². The Morgan fingerprint density at radius 3 is 2.74 bits per heavy atom. The van der Waals surface area contributed by atoms with Crippen molar-refractivity contribution in [2.75, 3.05) is 13.1 Å². The second-order valence-corrected chi connectivity index (χ2v) is 7.46. The van der Waals surface area contributed by atoms with E-state index >= 15 is 0 Å². The lowest BCUT2D eigenvalue weighted by atomic mass is 9.96. The van der Waals surface area contributed by atoms with Crippen LogP contribution < -0.4 is 0 Å². The van der Waals surface area contributed by atoms with Gasteiger partial charge < -0.3 is 9.13 Å². The van der Waals surface area contributed by atoms with Gasteiger partial charge in [-0.15, -0.1) is 10.2 Å². The summed E-state index contributed by atoms with van der Waals surface area (Å²) in [5.41, 5.74) is 2.92. The van der Waals surface area contributed by atoms with E-state index in [9.17, 15) is 0 Å². The van der Waals surface area contributed by atoms with E-state index in [1.54, 1.807) is 6.20 Å². The molecule has 3 aromatic rings. The molecule has 0 bridgehead atoms. The van der Waals surface area contributed by atoms with Crippen LogP contribution in [0.15, 0.2) is 43.0 Å². The maximum Gasteiger partial charge on any atom is 0.152 e. The predicted octanol–water partition coefficient (Wildman–Crippen LogP) is 3.00. The van der Waals surface area contributed by atoms with Crippen molar-refractivity contribution in [3.8, 4) is 0 Å². The molecule has 0 unspecified atom stereocenters. The zero-order chi connectivity index (χ0) is 18.6. The Bertz CT molecular complexity index is 867. The number of benzene rings is 1. The summed E-state index contributed by atoms with van der Waals surface area (Å²) in [6.45, 7) is 6.19. The smallest absolute Gasteiger partial charge is 0.152 e. The first-order valence-corrected chi connectivity index (χ1v) is 9.87. The van der Waals surface area contributed by atoms with E-state index in [1.807, 2.05) is 17.1 Å². The molecule has 6 nitrogen and oxygen atoms in total. The van der Waals surface area contributed by atoms with E-state index in [0.717, 1.165) is 37.7 Å². The molecular formula is C21H28N6. The van der Waals surface area contributed by atoms with Gasteiger partial charge in [-0.3, -0.25) is 4.90 Å². The third kappa shape index (κ3) is 3.95. The lowest BCUT2D eigenvalue weighted by Crippen LogP contribution is -2.35. The average Bonchev–Trinajstić information content (AvgIpc) is 3.33. The summed E-state index contributed by atoms with van der Waals surface area (Å²) >= 11 is 0. The molecule has 1 atom stereocenters. The van der Waals surface area contributed by atoms with Gasteiger partial charge in [0.2, 0.25) is 0 Å². The van der Waals surface area contributed by atoms with Crippen LogP contribution in [0.1, 0.15) is 48.5 Å². The van der Waals surface area contributed by atoms with Gasteiger partial charge in [0.25, 0.3) is 0 Å². The molecule has 6 heteroatoms. The zero-order valence-corrected chi connectivity index (χ0v) is 16.3. The number of hydrogen-bond donors (Lipinski definition) is 0. The first-order valence-electron chi connectivity index (χ1n) is 9.87. The minimum atomic E-state index is 0.446. The minimum absolute atomic E-state index is 0.446. The van der Waals surface area contributed by atoms with Crippen LogP contribution >= 0.6 is 0 Å². The van der Waals surface area contributed by atoms with Crippen LogP contribution in [0.25, 0.3) is 0 Å². The summed E-state index contributed by atoms with van der Waals surface area (Å²) in [4.78, 5) is 6.68. The fraction of sp³-hybridized carbons (Fsp3) is 0.476. The van der Waals surface area contributed by atoms with Crippen LogP contribution in [0.3, 0.4) is 0 Å². The molecule has 0 saturated carbocycles. The molecule has 142 valence electrons. The van der Waals surface area contributed by atoms with E-state index in [-0.39, 0.29) is 0 Å². The van der Waals surface area contributed by atoms with Gasteiger partial charge in [-0.25, -0.2) is 4.98 Å². The molecule has 0 spiro atoms. The summed E-state index contributed by atoms with van der Waals surface area (Å²) in [6.07, 6.45) is 9.06. The zero-order valence-electron chi connectivity index (χ0n) is 16.3. The third-order valence-corrected chi connectivity index (χ3v) is 5.65. The molecule has 0 radical (unpaired) electrons. The largest absolute Gasteiger partial charge is 0.330 e. The van der Waals surface area contributed by atoms with E-state index < -0.39 is 0 Å². The number of rotatable bonds is 6. The van der Waals surface area contributed by atoms with Crippen LogP contribution in [0.5, 0.6) is 0 Å². The SMILES string of the molecule is CCc1ccccc1CN1CCC[C@@H](c2nnc(Cn3ccnc3)n2C)C1. The summed E-state index contributed by atoms with van der Waals surface area (Å²) < 4.78 is 4.21. The maximum atomic E-state index is 4.55. The minimum Gasteiger partial charge on any atom is -0.330 e. The van der Waals surface area contributed by atoms with Gasteiger partial charge in [0, 0.05) is 38.4 Å². The molecule has 1 aliphatic heterocycles. The monoisotopic (exact) mass is 364 g/mol. The van der Waals surface area contributed by atoms with Crippen molar-refractivity contribution >= 4 is 0 Å².